The van der Waals surface area contributed by atoms with Gasteiger partial charge in [-0.1, -0.05) is 6.07 Å². The molecule has 3 aromatic rings. The van der Waals surface area contributed by atoms with Gasteiger partial charge in [0.05, 0.1) is 0 Å². The highest BCUT2D eigenvalue weighted by Crippen LogP contribution is 2.25. The molecule has 1 aliphatic rings. The fourth-order valence-electron chi connectivity index (χ4n) is 3.53. The lowest BCUT2D eigenvalue weighted by atomic mass is 10.3. The Labute approximate surface area is 185 Å². The van der Waals surface area contributed by atoms with Crippen molar-refractivity contribution >= 4 is 27.5 Å². The number of aromatic nitrogens is 3. The third kappa shape index (κ3) is 4.53. The first-order valence-corrected chi connectivity index (χ1v) is 11.4. The molecule has 4 rings (SSSR count). The second kappa shape index (κ2) is 8.75. The molecule has 1 fully saturated rings. The largest absolute Gasteiger partial charge is 0.354 e. The maximum absolute atomic E-state index is 14.1. The molecule has 1 aliphatic heterocycles. The number of piperazine rings is 1. The van der Waals surface area contributed by atoms with Crippen LogP contribution < -0.4 is 10.2 Å². The van der Waals surface area contributed by atoms with E-state index < -0.39 is 26.6 Å². The topological polar surface area (TPSA) is 91.3 Å². The van der Waals surface area contributed by atoms with Gasteiger partial charge in [-0.25, -0.2) is 32.2 Å². The molecule has 1 aromatic carbocycles. The normalized spacial score (nSPS) is 15.1. The van der Waals surface area contributed by atoms with Crippen LogP contribution in [0.4, 0.5) is 26.2 Å². The Hall–Kier alpha value is -3.18. The van der Waals surface area contributed by atoms with Crippen LogP contribution in [0, 0.1) is 25.5 Å². The first-order chi connectivity index (χ1) is 15.2. The van der Waals surface area contributed by atoms with Crippen molar-refractivity contribution in [1.82, 2.24) is 19.3 Å². The number of pyridine rings is 1. The van der Waals surface area contributed by atoms with E-state index in [-0.39, 0.29) is 13.1 Å². The van der Waals surface area contributed by atoms with E-state index in [1.165, 1.54) is 0 Å². The summed E-state index contributed by atoms with van der Waals surface area (Å²) in [7, 11) is -4.29. The fraction of sp³-hybridized carbons (Fsp3) is 0.286. The summed E-state index contributed by atoms with van der Waals surface area (Å²) in [6.45, 7) is 4.49. The van der Waals surface area contributed by atoms with Gasteiger partial charge in [-0.2, -0.15) is 4.31 Å². The monoisotopic (exact) mass is 460 g/mol. The fourth-order valence-corrected chi connectivity index (χ4v) is 5.06. The van der Waals surface area contributed by atoms with Crippen molar-refractivity contribution in [3.8, 4) is 0 Å². The van der Waals surface area contributed by atoms with E-state index in [2.05, 4.69) is 20.3 Å². The molecule has 0 aliphatic carbocycles. The Morgan fingerprint density at radius 3 is 2.28 bits per heavy atom. The second-order valence-electron chi connectivity index (χ2n) is 7.44. The number of hydrogen-bond donors (Lipinski definition) is 1. The minimum Gasteiger partial charge on any atom is -0.354 e. The first kappa shape index (κ1) is 22.0. The van der Waals surface area contributed by atoms with Gasteiger partial charge in [-0.15, -0.1) is 0 Å². The number of anilines is 3. The third-order valence-corrected chi connectivity index (χ3v) is 7.03. The highest BCUT2D eigenvalue weighted by molar-refractivity contribution is 7.89. The van der Waals surface area contributed by atoms with Gasteiger partial charge in [-0.3, -0.25) is 0 Å². The number of aryl methyl sites for hydroxylation is 2. The van der Waals surface area contributed by atoms with Crippen LogP contribution in [0.15, 0.2) is 47.5 Å². The lowest BCUT2D eigenvalue weighted by Gasteiger charge is -2.34. The summed E-state index contributed by atoms with van der Waals surface area (Å²) in [6, 6.07) is 8.56. The molecule has 0 bridgehead atoms. The van der Waals surface area contributed by atoms with E-state index in [9.17, 15) is 17.2 Å². The van der Waals surface area contributed by atoms with Crippen molar-refractivity contribution in [3.63, 3.8) is 0 Å². The standard InChI is InChI=1S/C21H22F2N6O2S/c1-14-6-7-24-18(12-14)27-19-13-20(26-15(2)25-19)28-8-10-29(11-9-28)32(30,31)21-16(22)4-3-5-17(21)23/h3-7,12-13H,8-11H2,1-2H3,(H,24,25,26,27). The van der Waals surface area contributed by atoms with Gasteiger partial charge >= 0.3 is 0 Å². The molecular weight excluding hydrogens is 438 g/mol. The third-order valence-electron chi connectivity index (χ3n) is 5.08. The van der Waals surface area contributed by atoms with Crippen LogP contribution in [0.5, 0.6) is 0 Å². The van der Waals surface area contributed by atoms with Crippen molar-refractivity contribution in [2.24, 2.45) is 0 Å². The molecule has 2 aromatic heterocycles. The van der Waals surface area contributed by atoms with Crippen LogP contribution in [-0.4, -0.2) is 53.9 Å². The van der Waals surface area contributed by atoms with E-state index in [4.69, 9.17) is 0 Å². The van der Waals surface area contributed by atoms with Crippen molar-refractivity contribution < 1.29 is 17.2 Å². The molecule has 8 nitrogen and oxygen atoms in total. The smallest absolute Gasteiger partial charge is 0.249 e. The summed E-state index contributed by atoms with van der Waals surface area (Å²) in [6.07, 6.45) is 1.70. The van der Waals surface area contributed by atoms with Crippen molar-refractivity contribution in [2.75, 3.05) is 36.4 Å². The van der Waals surface area contributed by atoms with Crippen LogP contribution in [0.3, 0.4) is 0 Å². The summed E-state index contributed by atoms with van der Waals surface area (Å²) in [5.74, 6) is 0.188. The SMILES string of the molecule is Cc1ccnc(Nc2cc(N3CCN(S(=O)(=O)c4c(F)cccc4F)CC3)nc(C)n2)c1. The summed E-state index contributed by atoms with van der Waals surface area (Å²) in [5, 5.41) is 3.15. The number of benzene rings is 1. The van der Waals surface area contributed by atoms with Gasteiger partial charge in [0.15, 0.2) is 4.90 Å². The summed E-state index contributed by atoms with van der Waals surface area (Å²) in [4.78, 5) is 14.1. The number of nitrogens with zero attached hydrogens (tertiary/aromatic N) is 5. The Morgan fingerprint density at radius 1 is 0.938 bits per heavy atom. The van der Waals surface area contributed by atoms with Gasteiger partial charge in [0.1, 0.15) is 34.9 Å². The molecule has 0 radical (unpaired) electrons. The van der Waals surface area contributed by atoms with Crippen LogP contribution in [0.1, 0.15) is 11.4 Å². The highest BCUT2D eigenvalue weighted by Gasteiger charge is 2.33. The lowest BCUT2D eigenvalue weighted by Crippen LogP contribution is -2.49. The molecule has 0 unspecified atom stereocenters. The molecule has 1 saturated heterocycles. The maximum Gasteiger partial charge on any atom is 0.249 e. The average molecular weight is 461 g/mol. The molecule has 11 heteroatoms. The zero-order chi connectivity index (χ0) is 22.9. The van der Waals surface area contributed by atoms with E-state index in [0.29, 0.717) is 36.4 Å². The molecule has 1 N–H and O–H groups in total. The molecule has 168 valence electrons. The van der Waals surface area contributed by atoms with E-state index in [1.54, 1.807) is 19.2 Å². The first-order valence-electron chi connectivity index (χ1n) is 9.98. The predicted molar refractivity (Wildman–Crippen MR) is 116 cm³/mol. The van der Waals surface area contributed by atoms with Crippen molar-refractivity contribution in [2.45, 2.75) is 18.7 Å². The quantitative estimate of drug-likeness (QED) is 0.626. The zero-order valence-electron chi connectivity index (χ0n) is 17.6. The molecule has 0 spiro atoms. The average Bonchev–Trinajstić information content (AvgIpc) is 2.73. The number of sulfonamides is 1. The van der Waals surface area contributed by atoms with Crippen LogP contribution in [-0.2, 0) is 10.0 Å². The zero-order valence-corrected chi connectivity index (χ0v) is 18.4. The van der Waals surface area contributed by atoms with E-state index in [1.807, 2.05) is 24.0 Å². The van der Waals surface area contributed by atoms with Gasteiger partial charge in [0.2, 0.25) is 10.0 Å². The molecular formula is C21H22F2N6O2S. The predicted octanol–water partition coefficient (Wildman–Crippen LogP) is 3.02. The molecule has 0 amide bonds. The van der Waals surface area contributed by atoms with Crippen LogP contribution in [0.2, 0.25) is 0 Å². The van der Waals surface area contributed by atoms with Gasteiger partial charge in [0.25, 0.3) is 0 Å². The van der Waals surface area contributed by atoms with E-state index in [0.717, 1.165) is 28.1 Å². The Bertz CT molecular complexity index is 1230. The number of nitrogens with one attached hydrogen (secondary N) is 1. The van der Waals surface area contributed by atoms with Gasteiger partial charge < -0.3 is 10.2 Å². The highest BCUT2D eigenvalue weighted by atomic mass is 32.2. The lowest BCUT2D eigenvalue weighted by molar-refractivity contribution is 0.377. The van der Waals surface area contributed by atoms with Crippen molar-refractivity contribution in [1.29, 1.82) is 0 Å². The van der Waals surface area contributed by atoms with Gasteiger partial charge in [-0.05, 0) is 43.7 Å². The number of hydrogen-bond acceptors (Lipinski definition) is 7. The Kier molecular flexibility index (Phi) is 6.02. The van der Waals surface area contributed by atoms with Gasteiger partial charge in [0, 0.05) is 38.4 Å². The summed E-state index contributed by atoms with van der Waals surface area (Å²) >= 11 is 0. The maximum atomic E-state index is 14.1. The summed E-state index contributed by atoms with van der Waals surface area (Å²) < 4.78 is 54.8. The van der Waals surface area contributed by atoms with Crippen LogP contribution in [0.25, 0.3) is 0 Å². The Morgan fingerprint density at radius 2 is 1.62 bits per heavy atom. The van der Waals surface area contributed by atoms with Crippen molar-refractivity contribution in [3.05, 3.63) is 65.6 Å². The molecule has 32 heavy (non-hydrogen) atoms. The number of halogens is 2. The Balaban J connectivity index is 1.50. The second-order valence-corrected chi connectivity index (χ2v) is 9.32. The molecule has 0 atom stereocenters. The minimum atomic E-state index is -4.29. The molecule has 0 saturated carbocycles. The molecule has 3 heterocycles. The minimum absolute atomic E-state index is 0.0708. The van der Waals surface area contributed by atoms with Crippen LogP contribution >= 0.6 is 0 Å². The number of rotatable bonds is 5. The summed E-state index contributed by atoms with van der Waals surface area (Å²) in [5.41, 5.74) is 1.05. The van der Waals surface area contributed by atoms with E-state index >= 15 is 0 Å².